The van der Waals surface area contributed by atoms with Crippen LogP contribution in [0.5, 0.6) is 11.5 Å². The smallest absolute Gasteiger partial charge is 0.323 e. The summed E-state index contributed by atoms with van der Waals surface area (Å²) in [6.45, 7) is 4.03. The zero-order valence-electron chi connectivity index (χ0n) is 13.9. The van der Waals surface area contributed by atoms with Crippen molar-refractivity contribution < 1.29 is 14.3 Å². The van der Waals surface area contributed by atoms with E-state index < -0.39 is 0 Å². The van der Waals surface area contributed by atoms with Crippen molar-refractivity contribution in [1.82, 2.24) is 0 Å². The number of carbonyl (C=O) groups is 1. The van der Waals surface area contributed by atoms with Crippen molar-refractivity contribution in [2.24, 2.45) is 0 Å². The van der Waals surface area contributed by atoms with Crippen molar-refractivity contribution >= 4 is 17.4 Å². The van der Waals surface area contributed by atoms with Crippen molar-refractivity contribution in [3.8, 4) is 11.5 Å². The molecule has 0 atom stereocenters. The lowest BCUT2D eigenvalue weighted by atomic mass is 10.1. The minimum absolute atomic E-state index is 0.336. The van der Waals surface area contributed by atoms with E-state index in [1.165, 1.54) is 0 Å². The summed E-state index contributed by atoms with van der Waals surface area (Å²) < 4.78 is 10.6. The maximum atomic E-state index is 12.4. The lowest BCUT2D eigenvalue weighted by Gasteiger charge is -2.16. The molecule has 0 unspecified atom stereocenters. The monoisotopic (exact) mass is 314 g/mol. The van der Waals surface area contributed by atoms with Crippen LogP contribution in [0.1, 0.15) is 18.1 Å². The summed E-state index contributed by atoms with van der Waals surface area (Å²) in [5.74, 6) is 1.08. The summed E-state index contributed by atoms with van der Waals surface area (Å²) in [7, 11) is 3.10. The second kappa shape index (κ2) is 7.54. The third-order valence-electron chi connectivity index (χ3n) is 3.64. The highest BCUT2D eigenvalue weighted by Gasteiger charge is 2.14. The first-order chi connectivity index (χ1) is 11.1. The van der Waals surface area contributed by atoms with Crippen LogP contribution in [0.4, 0.5) is 16.2 Å². The number of hydrogen-bond donors (Lipinski definition) is 2. The maximum Gasteiger partial charge on any atom is 0.323 e. The first-order valence-electron chi connectivity index (χ1n) is 7.48. The van der Waals surface area contributed by atoms with Crippen molar-refractivity contribution in [1.29, 1.82) is 0 Å². The third kappa shape index (κ3) is 3.74. The highest BCUT2D eigenvalue weighted by molar-refractivity contribution is 6.02. The lowest BCUT2D eigenvalue weighted by molar-refractivity contribution is 0.262. The Kier molecular flexibility index (Phi) is 5.46. The number of aryl methyl sites for hydroxylation is 2. The molecule has 5 nitrogen and oxygen atoms in total. The van der Waals surface area contributed by atoms with Gasteiger partial charge in [-0.3, -0.25) is 0 Å². The van der Waals surface area contributed by atoms with Gasteiger partial charge in [0.25, 0.3) is 0 Å². The molecule has 0 aliphatic rings. The molecule has 0 aliphatic heterocycles. The summed E-state index contributed by atoms with van der Waals surface area (Å²) in [5.41, 5.74) is 3.45. The molecule has 2 amide bonds. The summed E-state index contributed by atoms with van der Waals surface area (Å²) in [6, 6.07) is 11.0. The van der Waals surface area contributed by atoms with Crippen molar-refractivity contribution in [3.05, 3.63) is 47.5 Å². The molecule has 2 aromatic carbocycles. The molecule has 0 aliphatic carbocycles. The molecule has 2 N–H and O–H groups in total. The van der Waals surface area contributed by atoms with E-state index in [4.69, 9.17) is 9.47 Å². The number of hydrogen-bond acceptors (Lipinski definition) is 3. The van der Waals surface area contributed by atoms with E-state index in [9.17, 15) is 4.79 Å². The molecule has 0 saturated carbocycles. The minimum Gasteiger partial charge on any atom is -0.494 e. The number of anilines is 2. The Morgan fingerprint density at radius 1 is 0.957 bits per heavy atom. The van der Waals surface area contributed by atoms with Crippen LogP contribution in [-0.4, -0.2) is 20.3 Å². The molecular formula is C18H22N2O3. The number of carbonyl (C=O) groups excluding carboxylic acids is 1. The number of rotatable bonds is 5. The first-order valence-corrected chi connectivity index (χ1v) is 7.48. The molecule has 0 bridgehead atoms. The standard InChI is InChI=1S/C18H22N2O3/c1-5-13-9-6-8-12(2)16(13)19-18(21)20-17-14(22-3)10-7-11-15(17)23-4/h6-11H,5H2,1-4H3,(H2,19,20,21). The van der Waals surface area contributed by atoms with Gasteiger partial charge in [0.15, 0.2) is 0 Å². The molecule has 5 heteroatoms. The van der Waals surface area contributed by atoms with Crippen LogP contribution in [-0.2, 0) is 6.42 Å². The predicted molar refractivity (Wildman–Crippen MR) is 92.7 cm³/mol. The van der Waals surface area contributed by atoms with Gasteiger partial charge >= 0.3 is 6.03 Å². The Morgan fingerprint density at radius 2 is 1.52 bits per heavy atom. The van der Waals surface area contributed by atoms with E-state index in [-0.39, 0.29) is 6.03 Å². The predicted octanol–water partition coefficient (Wildman–Crippen LogP) is 4.22. The maximum absolute atomic E-state index is 12.4. The normalized spacial score (nSPS) is 10.1. The highest BCUT2D eigenvalue weighted by atomic mass is 16.5. The third-order valence-corrected chi connectivity index (χ3v) is 3.64. The molecule has 0 saturated heterocycles. The van der Waals surface area contributed by atoms with E-state index in [1.807, 2.05) is 25.1 Å². The van der Waals surface area contributed by atoms with E-state index in [2.05, 4.69) is 17.6 Å². The fourth-order valence-corrected chi connectivity index (χ4v) is 2.43. The van der Waals surface area contributed by atoms with E-state index in [0.717, 1.165) is 23.2 Å². The SMILES string of the molecule is CCc1cccc(C)c1NC(=O)Nc1c(OC)cccc1OC. The van der Waals surface area contributed by atoms with Gasteiger partial charge in [-0.1, -0.05) is 31.2 Å². The molecule has 2 rings (SSSR count). The second-order valence-electron chi connectivity index (χ2n) is 5.08. The Bertz CT molecular complexity index is 676. The van der Waals surface area contributed by atoms with Gasteiger partial charge in [0, 0.05) is 5.69 Å². The van der Waals surface area contributed by atoms with Gasteiger partial charge in [-0.15, -0.1) is 0 Å². The average molecular weight is 314 g/mol. The van der Waals surface area contributed by atoms with E-state index in [1.54, 1.807) is 32.4 Å². The number of methoxy groups -OCH3 is 2. The number of urea groups is 1. The summed E-state index contributed by atoms with van der Waals surface area (Å²) >= 11 is 0. The van der Waals surface area contributed by atoms with Crippen molar-refractivity contribution in [2.45, 2.75) is 20.3 Å². The zero-order chi connectivity index (χ0) is 16.8. The lowest BCUT2D eigenvalue weighted by Crippen LogP contribution is -2.21. The largest absolute Gasteiger partial charge is 0.494 e. The molecule has 122 valence electrons. The van der Waals surface area contributed by atoms with Gasteiger partial charge in [-0.2, -0.15) is 0 Å². The van der Waals surface area contributed by atoms with Crippen molar-refractivity contribution in [3.63, 3.8) is 0 Å². The average Bonchev–Trinajstić information content (AvgIpc) is 2.56. The van der Waals surface area contributed by atoms with Gasteiger partial charge in [0.2, 0.25) is 0 Å². The van der Waals surface area contributed by atoms with Crippen LogP contribution in [0.3, 0.4) is 0 Å². The summed E-state index contributed by atoms with van der Waals surface area (Å²) in [6.07, 6.45) is 0.843. The highest BCUT2D eigenvalue weighted by Crippen LogP contribution is 2.34. The summed E-state index contributed by atoms with van der Waals surface area (Å²) in [4.78, 5) is 12.4. The Hall–Kier alpha value is -2.69. The number of benzene rings is 2. The van der Waals surface area contributed by atoms with Crippen LogP contribution in [0.15, 0.2) is 36.4 Å². The number of amides is 2. The van der Waals surface area contributed by atoms with Gasteiger partial charge < -0.3 is 20.1 Å². The van der Waals surface area contributed by atoms with Crippen LogP contribution in [0, 0.1) is 6.92 Å². The molecule has 0 heterocycles. The molecule has 0 aromatic heterocycles. The fourth-order valence-electron chi connectivity index (χ4n) is 2.43. The van der Waals surface area contributed by atoms with Crippen molar-refractivity contribution in [2.75, 3.05) is 24.9 Å². The number of ether oxygens (including phenoxy) is 2. The quantitative estimate of drug-likeness (QED) is 0.868. The minimum atomic E-state index is -0.336. The zero-order valence-corrected chi connectivity index (χ0v) is 13.9. The summed E-state index contributed by atoms with van der Waals surface area (Å²) in [5, 5.41) is 5.73. The van der Waals surface area contributed by atoms with Gasteiger partial charge in [-0.05, 0) is 36.6 Å². The van der Waals surface area contributed by atoms with Crippen LogP contribution in [0.25, 0.3) is 0 Å². The van der Waals surface area contributed by atoms with Crippen LogP contribution in [0.2, 0.25) is 0 Å². The molecular weight excluding hydrogens is 292 g/mol. The Labute approximate surface area is 136 Å². The first kappa shape index (κ1) is 16.7. The van der Waals surface area contributed by atoms with Gasteiger partial charge in [0.05, 0.1) is 14.2 Å². The topological polar surface area (TPSA) is 59.6 Å². The Balaban J connectivity index is 2.24. The second-order valence-corrected chi connectivity index (χ2v) is 5.08. The van der Waals surface area contributed by atoms with Gasteiger partial charge in [0.1, 0.15) is 17.2 Å². The van der Waals surface area contributed by atoms with E-state index in [0.29, 0.717) is 17.2 Å². The Morgan fingerprint density at radius 3 is 2.09 bits per heavy atom. The fraction of sp³-hybridized carbons (Fsp3) is 0.278. The molecule has 0 spiro atoms. The molecule has 0 radical (unpaired) electrons. The number of nitrogens with one attached hydrogen (secondary N) is 2. The van der Waals surface area contributed by atoms with Crippen LogP contribution >= 0.6 is 0 Å². The number of para-hydroxylation sites is 2. The van der Waals surface area contributed by atoms with Gasteiger partial charge in [-0.25, -0.2) is 4.79 Å². The van der Waals surface area contributed by atoms with E-state index >= 15 is 0 Å². The van der Waals surface area contributed by atoms with Crippen LogP contribution < -0.4 is 20.1 Å². The molecule has 2 aromatic rings. The molecule has 0 fully saturated rings. The molecule has 23 heavy (non-hydrogen) atoms.